The summed E-state index contributed by atoms with van der Waals surface area (Å²) in [5.41, 5.74) is 0.320. The quantitative estimate of drug-likeness (QED) is 0.806. The molecule has 1 aliphatic carbocycles. The molecule has 1 N–H and O–H groups in total. The van der Waals surface area contributed by atoms with Crippen molar-refractivity contribution in [1.29, 1.82) is 0 Å². The lowest BCUT2D eigenvalue weighted by Gasteiger charge is -2.40. The molecular formula is C16H30F2N2. The topological polar surface area (TPSA) is 15.3 Å². The van der Waals surface area contributed by atoms with Crippen LogP contribution in [0.1, 0.15) is 46.5 Å². The number of nitrogens with one attached hydrogen (secondary N) is 1. The Hall–Kier alpha value is -0.220. The van der Waals surface area contributed by atoms with Gasteiger partial charge >= 0.3 is 0 Å². The SMILES string of the molecule is CC(C)(C)CC1CC(NCC(F)F)CN(CC2CC2)C1. The molecule has 1 saturated heterocycles. The van der Waals surface area contributed by atoms with Gasteiger partial charge in [-0.25, -0.2) is 8.78 Å². The van der Waals surface area contributed by atoms with Gasteiger partial charge in [0.05, 0.1) is 6.54 Å². The molecule has 4 heteroatoms. The summed E-state index contributed by atoms with van der Waals surface area (Å²) in [6.07, 6.45) is 2.70. The lowest BCUT2D eigenvalue weighted by atomic mass is 9.80. The van der Waals surface area contributed by atoms with Gasteiger partial charge in [-0.3, -0.25) is 0 Å². The highest BCUT2D eigenvalue weighted by Crippen LogP contribution is 2.34. The number of likely N-dealkylation sites (tertiary alicyclic amines) is 1. The highest BCUT2D eigenvalue weighted by molar-refractivity contribution is 4.88. The zero-order valence-electron chi connectivity index (χ0n) is 13.2. The molecule has 0 spiro atoms. The van der Waals surface area contributed by atoms with Crippen molar-refractivity contribution in [2.24, 2.45) is 17.3 Å². The molecule has 0 radical (unpaired) electrons. The van der Waals surface area contributed by atoms with Crippen molar-refractivity contribution >= 4 is 0 Å². The van der Waals surface area contributed by atoms with Crippen LogP contribution < -0.4 is 5.32 Å². The first-order valence-electron chi connectivity index (χ1n) is 8.06. The van der Waals surface area contributed by atoms with Crippen LogP contribution in [0.25, 0.3) is 0 Å². The molecule has 0 aromatic heterocycles. The molecule has 2 aliphatic rings. The molecule has 1 saturated carbocycles. The van der Waals surface area contributed by atoms with Gasteiger partial charge in [0.2, 0.25) is 0 Å². The minimum absolute atomic E-state index is 0.163. The van der Waals surface area contributed by atoms with Crippen LogP contribution in [0.15, 0.2) is 0 Å². The van der Waals surface area contributed by atoms with Crippen LogP contribution in [0.4, 0.5) is 8.78 Å². The lowest BCUT2D eigenvalue weighted by Crippen LogP contribution is -2.51. The third kappa shape index (κ3) is 6.04. The molecule has 2 unspecified atom stereocenters. The van der Waals surface area contributed by atoms with Crippen molar-refractivity contribution in [1.82, 2.24) is 10.2 Å². The zero-order valence-corrected chi connectivity index (χ0v) is 13.2. The summed E-state index contributed by atoms with van der Waals surface area (Å²) in [7, 11) is 0. The predicted octanol–water partition coefficient (Wildman–Crippen LogP) is 3.38. The minimum atomic E-state index is -2.24. The molecule has 2 nitrogen and oxygen atoms in total. The van der Waals surface area contributed by atoms with Crippen molar-refractivity contribution < 1.29 is 8.78 Å². The third-order valence-corrected chi connectivity index (χ3v) is 4.29. The average molecular weight is 288 g/mol. The summed E-state index contributed by atoms with van der Waals surface area (Å²) in [6.45, 7) is 9.93. The van der Waals surface area contributed by atoms with Gasteiger partial charge in [-0.2, -0.15) is 0 Å². The van der Waals surface area contributed by atoms with E-state index in [1.165, 1.54) is 25.8 Å². The fourth-order valence-corrected chi connectivity index (χ4v) is 3.53. The molecule has 0 amide bonds. The number of nitrogens with zero attached hydrogens (tertiary/aromatic N) is 1. The van der Waals surface area contributed by atoms with Gasteiger partial charge in [0.25, 0.3) is 6.43 Å². The Morgan fingerprint density at radius 2 is 1.85 bits per heavy atom. The van der Waals surface area contributed by atoms with E-state index in [4.69, 9.17) is 0 Å². The largest absolute Gasteiger partial charge is 0.307 e. The molecule has 118 valence electrons. The first kappa shape index (κ1) is 16.2. The Morgan fingerprint density at radius 3 is 2.40 bits per heavy atom. The second-order valence-corrected chi connectivity index (χ2v) is 8.02. The van der Waals surface area contributed by atoms with Gasteiger partial charge in [-0.05, 0) is 42.9 Å². The molecule has 1 aliphatic heterocycles. The van der Waals surface area contributed by atoms with Crippen molar-refractivity contribution in [2.45, 2.75) is 58.9 Å². The number of halogens is 2. The van der Waals surface area contributed by atoms with Crippen LogP contribution in [0, 0.1) is 17.3 Å². The molecule has 20 heavy (non-hydrogen) atoms. The number of alkyl halides is 2. The van der Waals surface area contributed by atoms with Crippen molar-refractivity contribution in [2.75, 3.05) is 26.2 Å². The maximum absolute atomic E-state index is 12.4. The Morgan fingerprint density at radius 1 is 1.15 bits per heavy atom. The fraction of sp³-hybridized carbons (Fsp3) is 1.00. The van der Waals surface area contributed by atoms with Crippen LogP contribution in [0.3, 0.4) is 0 Å². The molecule has 0 aromatic rings. The summed E-state index contributed by atoms with van der Waals surface area (Å²) >= 11 is 0. The highest BCUT2D eigenvalue weighted by atomic mass is 19.3. The van der Waals surface area contributed by atoms with Crippen LogP contribution in [0.5, 0.6) is 0 Å². The van der Waals surface area contributed by atoms with E-state index < -0.39 is 6.43 Å². The third-order valence-electron chi connectivity index (χ3n) is 4.29. The van der Waals surface area contributed by atoms with E-state index in [2.05, 4.69) is 31.0 Å². The molecule has 2 fully saturated rings. The van der Waals surface area contributed by atoms with Gasteiger partial charge < -0.3 is 10.2 Å². The lowest BCUT2D eigenvalue weighted by molar-refractivity contribution is 0.0920. The van der Waals surface area contributed by atoms with Crippen LogP contribution in [-0.4, -0.2) is 43.5 Å². The average Bonchev–Trinajstić information content (AvgIpc) is 3.07. The van der Waals surface area contributed by atoms with Gasteiger partial charge in [0.15, 0.2) is 0 Å². The fourth-order valence-electron chi connectivity index (χ4n) is 3.53. The van der Waals surface area contributed by atoms with E-state index in [0.717, 1.165) is 25.4 Å². The summed E-state index contributed by atoms with van der Waals surface area (Å²) in [5.74, 6) is 1.51. The second kappa shape index (κ2) is 6.69. The summed E-state index contributed by atoms with van der Waals surface area (Å²) in [6, 6.07) is 0.240. The standard InChI is InChI=1S/C16H30F2N2/c1-16(2,3)7-13-6-14(19-8-15(17)18)11-20(10-13)9-12-4-5-12/h12-15,19H,4-11H2,1-3H3. The smallest absolute Gasteiger partial charge is 0.250 e. The van der Waals surface area contributed by atoms with Crippen LogP contribution in [0.2, 0.25) is 0 Å². The molecule has 0 aromatic carbocycles. The van der Waals surface area contributed by atoms with E-state index >= 15 is 0 Å². The Balaban J connectivity index is 1.86. The van der Waals surface area contributed by atoms with Crippen LogP contribution >= 0.6 is 0 Å². The zero-order chi connectivity index (χ0) is 14.8. The van der Waals surface area contributed by atoms with E-state index in [-0.39, 0.29) is 12.6 Å². The number of hydrogen-bond acceptors (Lipinski definition) is 2. The summed E-state index contributed by atoms with van der Waals surface area (Å²) in [5, 5.41) is 3.07. The van der Waals surface area contributed by atoms with E-state index in [9.17, 15) is 8.78 Å². The van der Waals surface area contributed by atoms with E-state index in [1.54, 1.807) is 0 Å². The normalized spacial score (nSPS) is 29.1. The number of hydrogen-bond donors (Lipinski definition) is 1. The van der Waals surface area contributed by atoms with Gasteiger partial charge in [0.1, 0.15) is 0 Å². The summed E-state index contributed by atoms with van der Waals surface area (Å²) in [4.78, 5) is 2.51. The maximum Gasteiger partial charge on any atom is 0.250 e. The summed E-state index contributed by atoms with van der Waals surface area (Å²) < 4.78 is 24.8. The minimum Gasteiger partial charge on any atom is -0.307 e. The molecule has 1 heterocycles. The van der Waals surface area contributed by atoms with Crippen molar-refractivity contribution in [3.63, 3.8) is 0 Å². The first-order valence-corrected chi connectivity index (χ1v) is 8.06. The highest BCUT2D eigenvalue weighted by Gasteiger charge is 2.33. The van der Waals surface area contributed by atoms with Gasteiger partial charge in [-0.15, -0.1) is 0 Å². The number of rotatable bonds is 6. The maximum atomic E-state index is 12.4. The van der Waals surface area contributed by atoms with E-state index in [0.29, 0.717) is 11.3 Å². The van der Waals surface area contributed by atoms with Crippen LogP contribution in [-0.2, 0) is 0 Å². The molecule has 2 rings (SSSR count). The molecule has 0 bridgehead atoms. The number of piperidine rings is 1. The Bertz CT molecular complexity index is 297. The van der Waals surface area contributed by atoms with Crippen molar-refractivity contribution in [3.8, 4) is 0 Å². The van der Waals surface area contributed by atoms with Gasteiger partial charge in [-0.1, -0.05) is 20.8 Å². The molecule has 2 atom stereocenters. The van der Waals surface area contributed by atoms with Gasteiger partial charge in [0, 0.05) is 25.7 Å². The van der Waals surface area contributed by atoms with Crippen molar-refractivity contribution in [3.05, 3.63) is 0 Å². The molecular weight excluding hydrogens is 258 g/mol. The first-order chi connectivity index (χ1) is 9.32. The Kier molecular flexibility index (Phi) is 5.41. The monoisotopic (exact) mass is 288 g/mol. The Labute approximate surface area is 122 Å². The second-order valence-electron chi connectivity index (χ2n) is 8.02. The van der Waals surface area contributed by atoms with E-state index in [1.807, 2.05) is 0 Å². The predicted molar refractivity (Wildman–Crippen MR) is 79.1 cm³/mol.